The van der Waals surface area contributed by atoms with E-state index in [1.165, 1.54) is 18.2 Å². The quantitative estimate of drug-likeness (QED) is 0.808. The minimum atomic E-state index is -4.54. The molecule has 10 heteroatoms. The van der Waals surface area contributed by atoms with Gasteiger partial charge in [0.25, 0.3) is 5.91 Å². The maximum absolute atomic E-state index is 12.8. The van der Waals surface area contributed by atoms with Crippen molar-refractivity contribution in [3.05, 3.63) is 34.2 Å². The Hall–Kier alpha value is -2.78. The Morgan fingerprint density at radius 2 is 2.04 bits per heavy atom. The Balaban J connectivity index is 1.78. The molecule has 7 nitrogen and oxygen atoms in total. The van der Waals surface area contributed by atoms with Crippen molar-refractivity contribution in [1.82, 2.24) is 14.5 Å². The van der Waals surface area contributed by atoms with Gasteiger partial charge in [-0.25, -0.2) is 4.79 Å². The van der Waals surface area contributed by atoms with Gasteiger partial charge in [-0.15, -0.1) is 0 Å². The van der Waals surface area contributed by atoms with Gasteiger partial charge in [-0.1, -0.05) is 0 Å². The molecule has 0 radical (unpaired) electrons. The van der Waals surface area contributed by atoms with Crippen LogP contribution in [0.15, 0.2) is 23.0 Å². The van der Waals surface area contributed by atoms with E-state index in [2.05, 4.69) is 4.98 Å². The van der Waals surface area contributed by atoms with Crippen LogP contribution < -0.4 is 5.69 Å². The zero-order chi connectivity index (χ0) is 20.5. The molecule has 152 valence electrons. The monoisotopic (exact) mass is 399 g/mol. The molecule has 1 unspecified atom stereocenters. The van der Waals surface area contributed by atoms with Crippen LogP contribution >= 0.6 is 0 Å². The number of halogens is 3. The van der Waals surface area contributed by atoms with E-state index in [4.69, 9.17) is 5.11 Å². The predicted molar refractivity (Wildman–Crippen MR) is 94.1 cm³/mol. The van der Waals surface area contributed by atoms with Gasteiger partial charge >= 0.3 is 17.8 Å². The second kappa shape index (κ2) is 7.69. The molecule has 2 aromatic rings. The van der Waals surface area contributed by atoms with E-state index in [9.17, 15) is 27.6 Å². The summed E-state index contributed by atoms with van der Waals surface area (Å²) in [6, 6.07) is 4.12. The molecule has 2 N–H and O–H groups in total. The number of H-pyrrole nitrogens is 1. The molecule has 0 aliphatic carbocycles. The van der Waals surface area contributed by atoms with E-state index in [-0.39, 0.29) is 34.8 Å². The number of fused-ring (bicyclic) bond motifs is 1. The van der Waals surface area contributed by atoms with Crippen molar-refractivity contribution in [1.29, 1.82) is 0 Å². The third-order valence-electron chi connectivity index (χ3n) is 4.93. The summed E-state index contributed by atoms with van der Waals surface area (Å²) >= 11 is 0. The number of likely N-dealkylation sites (tertiary alicyclic amines) is 1. The number of aliphatic carboxylic acids is 1. The number of amides is 1. The number of benzene rings is 1. The summed E-state index contributed by atoms with van der Waals surface area (Å²) in [5.41, 5.74) is -0.369. The lowest BCUT2D eigenvalue weighted by Gasteiger charge is -2.32. The van der Waals surface area contributed by atoms with Crippen molar-refractivity contribution in [2.24, 2.45) is 5.92 Å². The lowest BCUT2D eigenvalue weighted by Crippen LogP contribution is -2.40. The fraction of sp³-hybridized carbons (Fsp3) is 0.500. The number of hydrogen-bond donors (Lipinski definition) is 2. The lowest BCUT2D eigenvalue weighted by atomic mass is 9.93. The largest absolute Gasteiger partial charge is 0.481 e. The first-order valence-corrected chi connectivity index (χ1v) is 8.94. The van der Waals surface area contributed by atoms with Crippen LogP contribution in [0.4, 0.5) is 13.2 Å². The molecule has 1 aliphatic heterocycles. The van der Waals surface area contributed by atoms with Crippen molar-refractivity contribution >= 4 is 22.9 Å². The summed E-state index contributed by atoms with van der Waals surface area (Å²) in [5.74, 6) is -1.06. The van der Waals surface area contributed by atoms with Gasteiger partial charge in [-0.2, -0.15) is 13.2 Å². The summed E-state index contributed by atoms with van der Waals surface area (Å²) in [6.45, 7) is -0.432. The van der Waals surface area contributed by atoms with Crippen molar-refractivity contribution < 1.29 is 27.9 Å². The predicted octanol–water partition coefficient (Wildman–Crippen LogP) is 2.61. The molecule has 0 saturated carbocycles. The Morgan fingerprint density at radius 3 is 2.71 bits per heavy atom. The Kier molecular flexibility index (Phi) is 5.48. The van der Waals surface area contributed by atoms with Crippen LogP contribution in [0, 0.1) is 5.92 Å². The molecule has 1 amide bonds. The topological polar surface area (TPSA) is 95.4 Å². The molecule has 0 spiro atoms. The highest BCUT2D eigenvalue weighted by Gasteiger charge is 2.30. The number of nitrogens with one attached hydrogen (secondary N) is 1. The number of alkyl halides is 3. The van der Waals surface area contributed by atoms with Crippen LogP contribution in [-0.2, 0) is 11.3 Å². The normalized spacial score (nSPS) is 17.8. The van der Waals surface area contributed by atoms with Crippen LogP contribution in [0.25, 0.3) is 11.0 Å². The number of carbonyl (C=O) groups excluding carboxylic acids is 1. The lowest BCUT2D eigenvalue weighted by molar-refractivity contribution is -0.140. The van der Waals surface area contributed by atoms with Crippen molar-refractivity contribution in [3.8, 4) is 0 Å². The van der Waals surface area contributed by atoms with Gasteiger partial charge in [0.2, 0.25) is 0 Å². The van der Waals surface area contributed by atoms with Crippen LogP contribution in [0.5, 0.6) is 0 Å². The van der Waals surface area contributed by atoms with Crippen LogP contribution in [0.2, 0.25) is 0 Å². The number of carboxylic acid groups (broad SMARTS) is 1. The van der Waals surface area contributed by atoms with E-state index in [1.807, 2.05) is 0 Å². The van der Waals surface area contributed by atoms with Gasteiger partial charge in [0.1, 0.15) is 6.54 Å². The number of nitrogens with zero attached hydrogens (tertiary/aromatic N) is 2. The number of imidazole rings is 1. The van der Waals surface area contributed by atoms with Gasteiger partial charge in [0, 0.05) is 25.1 Å². The second-order valence-corrected chi connectivity index (χ2v) is 7.06. The third-order valence-corrected chi connectivity index (χ3v) is 4.93. The first-order valence-electron chi connectivity index (χ1n) is 8.94. The van der Waals surface area contributed by atoms with E-state index in [1.54, 1.807) is 4.90 Å². The molecule has 0 bridgehead atoms. The third kappa shape index (κ3) is 4.55. The molecule has 2 heterocycles. The average molecular weight is 399 g/mol. The Labute approximate surface area is 157 Å². The summed E-state index contributed by atoms with van der Waals surface area (Å²) in [4.78, 5) is 39.3. The smallest absolute Gasteiger partial charge is 0.406 e. The van der Waals surface area contributed by atoms with Crippen LogP contribution in [0.3, 0.4) is 0 Å². The summed E-state index contributed by atoms with van der Waals surface area (Å²) < 4.78 is 38.6. The second-order valence-electron chi connectivity index (χ2n) is 7.06. The summed E-state index contributed by atoms with van der Waals surface area (Å²) in [6.07, 6.45) is -2.38. The molecule has 1 fully saturated rings. The highest BCUT2D eigenvalue weighted by molar-refractivity contribution is 5.97. The van der Waals surface area contributed by atoms with Crippen LogP contribution in [-0.4, -0.2) is 50.7 Å². The molecule has 1 aromatic heterocycles. The molecule has 1 aliphatic rings. The number of rotatable bonds is 5. The van der Waals surface area contributed by atoms with Crippen LogP contribution in [0.1, 0.15) is 36.0 Å². The number of hydrogen-bond acceptors (Lipinski definition) is 3. The Bertz CT molecular complexity index is 948. The SMILES string of the molecule is O=C(O)CCC1CCCN(C(=O)c2ccc3c(c2)[nH]c(=O)n3CC(F)(F)F)C1. The number of aromatic nitrogens is 2. The van der Waals surface area contributed by atoms with Crippen molar-refractivity contribution in [2.75, 3.05) is 13.1 Å². The van der Waals surface area contributed by atoms with E-state index >= 15 is 0 Å². The number of aromatic amines is 1. The van der Waals surface area contributed by atoms with Crippen molar-refractivity contribution in [3.63, 3.8) is 0 Å². The highest BCUT2D eigenvalue weighted by Crippen LogP contribution is 2.24. The maximum Gasteiger partial charge on any atom is 0.406 e. The fourth-order valence-corrected chi connectivity index (χ4v) is 3.63. The van der Waals surface area contributed by atoms with Gasteiger partial charge in [-0.05, 0) is 43.4 Å². The zero-order valence-corrected chi connectivity index (χ0v) is 15.0. The number of piperidine rings is 1. The zero-order valence-electron chi connectivity index (χ0n) is 15.0. The fourth-order valence-electron chi connectivity index (χ4n) is 3.63. The van der Waals surface area contributed by atoms with Gasteiger partial charge in [0.15, 0.2) is 0 Å². The molecule has 1 aromatic carbocycles. The molecular formula is C18H20F3N3O4. The molecular weight excluding hydrogens is 379 g/mol. The molecule has 1 atom stereocenters. The minimum absolute atomic E-state index is 0.0482. The minimum Gasteiger partial charge on any atom is -0.481 e. The summed E-state index contributed by atoms with van der Waals surface area (Å²) in [5, 5.41) is 8.81. The first-order chi connectivity index (χ1) is 13.1. The van der Waals surface area contributed by atoms with Gasteiger partial charge in [0.05, 0.1) is 11.0 Å². The van der Waals surface area contributed by atoms with Gasteiger partial charge < -0.3 is 15.0 Å². The van der Waals surface area contributed by atoms with Crippen molar-refractivity contribution in [2.45, 2.75) is 38.4 Å². The highest BCUT2D eigenvalue weighted by atomic mass is 19.4. The molecule has 28 heavy (non-hydrogen) atoms. The van der Waals surface area contributed by atoms with E-state index in [0.29, 0.717) is 24.1 Å². The standard InChI is InChI=1S/C18H20F3N3O4/c19-18(20,21)10-24-14-5-4-12(8-13(14)22-17(24)28)16(27)23-7-1-2-11(9-23)3-6-15(25)26/h4-5,8,11H,1-3,6-7,9-10H2,(H,22,28)(H,25,26). The summed E-state index contributed by atoms with van der Waals surface area (Å²) in [7, 11) is 0. The first kappa shape index (κ1) is 20.0. The van der Waals surface area contributed by atoms with E-state index < -0.39 is 24.4 Å². The van der Waals surface area contributed by atoms with E-state index in [0.717, 1.165) is 12.8 Å². The van der Waals surface area contributed by atoms with Gasteiger partial charge in [-0.3, -0.25) is 14.2 Å². The molecule has 1 saturated heterocycles. The maximum atomic E-state index is 12.8. The average Bonchev–Trinajstić information content (AvgIpc) is 2.92. The number of carbonyl (C=O) groups is 2. The Morgan fingerprint density at radius 1 is 1.29 bits per heavy atom. The molecule has 3 rings (SSSR count). The number of carboxylic acids is 1.